The topological polar surface area (TPSA) is 63.8 Å². The monoisotopic (exact) mass is 302 g/mol. The van der Waals surface area contributed by atoms with Gasteiger partial charge in [-0.2, -0.15) is 0 Å². The zero-order valence-electron chi connectivity index (χ0n) is 9.51. The summed E-state index contributed by atoms with van der Waals surface area (Å²) >= 11 is 0.931. The molecular weight excluding hydrogens is 297 g/mol. The lowest BCUT2D eigenvalue weighted by atomic mass is 10.3. The van der Waals surface area contributed by atoms with E-state index in [9.17, 15) is 18.0 Å². The molecule has 2 heterocycles. The number of aromatic nitrogens is 2. The third kappa shape index (κ3) is 2.05. The summed E-state index contributed by atoms with van der Waals surface area (Å²) in [5.41, 5.74) is 0.243. The lowest BCUT2D eigenvalue weighted by Gasteiger charge is -2.08. The first-order valence-corrected chi connectivity index (χ1v) is 6.06. The van der Waals surface area contributed by atoms with Crippen molar-refractivity contribution in [1.82, 2.24) is 9.38 Å². The van der Waals surface area contributed by atoms with Crippen molar-refractivity contribution in [1.29, 1.82) is 0 Å². The van der Waals surface area contributed by atoms with Gasteiger partial charge in [-0.1, -0.05) is 17.4 Å². The molecule has 0 aliphatic rings. The predicted molar refractivity (Wildman–Crippen MR) is 64.2 cm³/mol. The van der Waals surface area contributed by atoms with Crippen molar-refractivity contribution in [3.63, 3.8) is 0 Å². The lowest BCUT2D eigenvalue weighted by Crippen LogP contribution is -2.17. The van der Waals surface area contributed by atoms with Crippen LogP contribution in [-0.2, 0) is 0 Å². The van der Waals surface area contributed by atoms with E-state index < -0.39 is 12.3 Å². The highest BCUT2D eigenvalue weighted by atomic mass is 32.1. The third-order valence-corrected chi connectivity index (χ3v) is 3.61. The Kier molecular flexibility index (Phi) is 2.61. The fourth-order valence-electron chi connectivity index (χ4n) is 1.80. The van der Waals surface area contributed by atoms with Crippen molar-refractivity contribution in [2.75, 3.05) is 0 Å². The molecule has 0 radical (unpaired) electrons. The van der Waals surface area contributed by atoms with Crippen molar-refractivity contribution >= 4 is 32.5 Å². The highest BCUT2D eigenvalue weighted by molar-refractivity contribution is 7.24. The van der Waals surface area contributed by atoms with Crippen LogP contribution in [0.1, 0.15) is 10.5 Å². The van der Waals surface area contributed by atoms with Crippen molar-refractivity contribution in [3.05, 3.63) is 30.1 Å². The SMILES string of the molecule is O=C(O)c1cn2c(n1)sc1c(OC(F)(F)F)cccc12. The van der Waals surface area contributed by atoms with Gasteiger partial charge in [0.05, 0.1) is 10.2 Å². The molecule has 0 aliphatic carbocycles. The first-order valence-electron chi connectivity index (χ1n) is 5.25. The number of carbonyl (C=O) groups is 1. The van der Waals surface area contributed by atoms with E-state index in [1.807, 2.05) is 0 Å². The minimum Gasteiger partial charge on any atom is -0.476 e. The number of carboxylic acid groups (broad SMARTS) is 1. The number of aromatic carboxylic acids is 1. The summed E-state index contributed by atoms with van der Waals surface area (Å²) in [7, 11) is 0. The fraction of sp³-hybridized carbons (Fsp3) is 0.0909. The molecule has 0 unspecified atom stereocenters. The van der Waals surface area contributed by atoms with E-state index >= 15 is 0 Å². The van der Waals surface area contributed by atoms with Crippen LogP contribution in [0.2, 0.25) is 0 Å². The van der Waals surface area contributed by atoms with Gasteiger partial charge in [0.15, 0.2) is 10.7 Å². The van der Waals surface area contributed by atoms with E-state index in [2.05, 4.69) is 9.72 Å². The number of hydrogen-bond acceptors (Lipinski definition) is 4. The minimum absolute atomic E-state index is 0.166. The lowest BCUT2D eigenvalue weighted by molar-refractivity contribution is -0.274. The van der Waals surface area contributed by atoms with Crippen LogP contribution in [0.5, 0.6) is 5.75 Å². The summed E-state index contributed by atoms with van der Waals surface area (Å²) in [5, 5.41) is 8.84. The van der Waals surface area contributed by atoms with Crippen LogP contribution in [0.4, 0.5) is 13.2 Å². The van der Waals surface area contributed by atoms with E-state index in [-0.39, 0.29) is 21.1 Å². The Morgan fingerprint density at radius 1 is 1.40 bits per heavy atom. The molecule has 9 heteroatoms. The van der Waals surface area contributed by atoms with E-state index in [1.165, 1.54) is 22.7 Å². The van der Waals surface area contributed by atoms with E-state index in [0.29, 0.717) is 5.52 Å². The summed E-state index contributed by atoms with van der Waals surface area (Å²) in [5.74, 6) is -1.53. The number of fused-ring (bicyclic) bond motifs is 3. The van der Waals surface area contributed by atoms with Crippen molar-refractivity contribution in [2.24, 2.45) is 0 Å². The number of ether oxygens (including phenoxy) is 1. The molecule has 104 valence electrons. The Hall–Kier alpha value is -2.29. The molecule has 1 aromatic carbocycles. The van der Waals surface area contributed by atoms with Gasteiger partial charge in [-0.05, 0) is 12.1 Å². The number of halogens is 3. The molecule has 0 amide bonds. The minimum atomic E-state index is -4.79. The molecule has 3 aromatic rings. The molecule has 1 N–H and O–H groups in total. The van der Waals surface area contributed by atoms with Crippen molar-refractivity contribution in [3.8, 4) is 5.75 Å². The number of nitrogens with zero attached hydrogens (tertiary/aromatic N) is 2. The van der Waals surface area contributed by atoms with Crippen LogP contribution >= 0.6 is 11.3 Å². The van der Waals surface area contributed by atoms with Gasteiger partial charge >= 0.3 is 12.3 Å². The number of thiazole rings is 1. The van der Waals surface area contributed by atoms with Crippen molar-refractivity contribution < 1.29 is 27.8 Å². The van der Waals surface area contributed by atoms with Gasteiger partial charge in [0.2, 0.25) is 0 Å². The van der Waals surface area contributed by atoms with Gasteiger partial charge in [-0.25, -0.2) is 9.78 Å². The second-order valence-electron chi connectivity index (χ2n) is 3.84. The average Bonchev–Trinajstić information content (AvgIpc) is 2.85. The van der Waals surface area contributed by atoms with Gasteiger partial charge < -0.3 is 9.84 Å². The number of hydrogen-bond donors (Lipinski definition) is 1. The summed E-state index contributed by atoms with van der Waals surface area (Å²) in [4.78, 5) is 14.9. The Bertz CT molecular complexity index is 821. The standard InChI is InChI=1S/C11H5F3N2O3S/c12-11(13,14)19-7-3-1-2-6-8(7)20-10-15-5(9(17)18)4-16(6)10/h1-4H,(H,17,18). The van der Waals surface area contributed by atoms with Gasteiger partial charge in [-0.3, -0.25) is 4.40 Å². The Labute approximate surface area is 112 Å². The van der Waals surface area contributed by atoms with Crippen molar-refractivity contribution in [2.45, 2.75) is 6.36 Å². The summed E-state index contributed by atoms with van der Waals surface area (Å²) < 4.78 is 42.5. The molecule has 20 heavy (non-hydrogen) atoms. The van der Waals surface area contributed by atoms with Gasteiger partial charge in [0, 0.05) is 6.20 Å². The first kappa shape index (κ1) is 12.7. The second kappa shape index (κ2) is 4.10. The summed E-state index contributed by atoms with van der Waals surface area (Å²) in [6.07, 6.45) is -3.53. The normalized spacial score (nSPS) is 12.2. The molecule has 0 bridgehead atoms. The van der Waals surface area contributed by atoms with E-state index in [4.69, 9.17) is 5.11 Å². The largest absolute Gasteiger partial charge is 0.573 e. The van der Waals surface area contributed by atoms with Gasteiger partial charge in [0.25, 0.3) is 0 Å². The van der Waals surface area contributed by atoms with Crippen LogP contribution in [-0.4, -0.2) is 26.8 Å². The Balaban J connectivity index is 2.21. The van der Waals surface area contributed by atoms with E-state index in [1.54, 1.807) is 6.07 Å². The third-order valence-electron chi connectivity index (χ3n) is 2.53. The smallest absolute Gasteiger partial charge is 0.476 e. The number of imidazole rings is 1. The van der Waals surface area contributed by atoms with Crippen LogP contribution in [0.3, 0.4) is 0 Å². The molecule has 0 atom stereocenters. The molecule has 0 spiro atoms. The molecule has 2 aromatic heterocycles. The Morgan fingerprint density at radius 2 is 2.15 bits per heavy atom. The average molecular weight is 302 g/mol. The maximum Gasteiger partial charge on any atom is 0.573 e. The number of carboxylic acids is 1. The molecule has 3 rings (SSSR count). The molecule has 0 saturated carbocycles. The molecule has 0 aliphatic heterocycles. The number of benzene rings is 1. The Morgan fingerprint density at radius 3 is 2.80 bits per heavy atom. The number of alkyl halides is 3. The molecule has 0 fully saturated rings. The predicted octanol–water partition coefficient (Wildman–Crippen LogP) is 3.15. The van der Waals surface area contributed by atoms with E-state index in [0.717, 1.165) is 11.3 Å². The van der Waals surface area contributed by atoms with Gasteiger partial charge in [-0.15, -0.1) is 13.2 Å². The maximum atomic E-state index is 12.3. The number of rotatable bonds is 2. The first-order chi connectivity index (χ1) is 9.35. The fourth-order valence-corrected chi connectivity index (χ4v) is 2.86. The summed E-state index contributed by atoms with van der Waals surface area (Å²) in [6.45, 7) is 0. The van der Waals surface area contributed by atoms with Crippen LogP contribution in [0.25, 0.3) is 15.2 Å². The van der Waals surface area contributed by atoms with Crippen LogP contribution in [0, 0.1) is 0 Å². The maximum absolute atomic E-state index is 12.3. The van der Waals surface area contributed by atoms with Crippen LogP contribution < -0.4 is 4.74 Å². The molecule has 0 saturated heterocycles. The second-order valence-corrected chi connectivity index (χ2v) is 4.82. The zero-order valence-corrected chi connectivity index (χ0v) is 10.3. The quantitative estimate of drug-likeness (QED) is 0.790. The highest BCUT2D eigenvalue weighted by Gasteiger charge is 2.32. The zero-order chi connectivity index (χ0) is 14.5. The highest BCUT2D eigenvalue weighted by Crippen LogP contribution is 2.36. The molecular formula is C11H5F3N2O3S. The summed E-state index contributed by atoms with van der Waals surface area (Å²) in [6, 6.07) is 4.16. The molecule has 5 nitrogen and oxygen atoms in total. The van der Waals surface area contributed by atoms with Gasteiger partial charge in [0.1, 0.15) is 5.75 Å². The van der Waals surface area contributed by atoms with Crippen LogP contribution in [0.15, 0.2) is 24.4 Å².